The Morgan fingerprint density at radius 1 is 0.592 bits per heavy atom. The molecule has 248 valence electrons. The molecule has 0 atom stereocenters. The van der Waals surface area contributed by atoms with Gasteiger partial charge < -0.3 is 18.9 Å². The van der Waals surface area contributed by atoms with Crippen molar-refractivity contribution in [2.45, 2.75) is 22.9 Å². The molecule has 9 nitrogen and oxygen atoms in total. The molecule has 0 aliphatic heterocycles. The van der Waals surface area contributed by atoms with Gasteiger partial charge in [0.1, 0.15) is 34.3 Å². The van der Waals surface area contributed by atoms with Crippen molar-refractivity contribution in [2.24, 2.45) is 0 Å². The molecule has 0 saturated carbocycles. The molecule has 0 aromatic heterocycles. The summed E-state index contributed by atoms with van der Waals surface area (Å²) in [5.41, 5.74) is 8.75. The van der Waals surface area contributed by atoms with Crippen LogP contribution in [-0.2, 0) is 33.3 Å². The van der Waals surface area contributed by atoms with Gasteiger partial charge in [-0.25, -0.2) is 21.4 Å². The quantitative estimate of drug-likeness (QED) is 0.140. The van der Waals surface area contributed by atoms with Gasteiger partial charge in [0.15, 0.2) is 5.71 Å². The first-order chi connectivity index (χ1) is 22.7. The zero-order valence-electron chi connectivity index (χ0n) is 28.1. The van der Waals surface area contributed by atoms with Crippen LogP contribution in [0.25, 0.3) is 5.57 Å². The molecule has 0 bridgehead atoms. The summed E-state index contributed by atoms with van der Waals surface area (Å²) in [4.78, 5) is 3.48. The Labute approximate surface area is 311 Å². The topological polar surface area (TPSA) is 124 Å². The Hall–Kier alpha value is -3.81. The standard InChI is InChI=1S/C37H37N3O6S2.Na/c1-38(2)32-15-9-29(10-16-32)37(30-11-17-33(18-12-30)39(3)4)31-13-19-34(20-14-31)40(25-27-5-21-35(22-6-27)47(41,42)43)26-28-7-23-36(24-8-28)48(44,45)46;/h5-24H,25-26H2,1-4H3,(H-,41,42,43,44,45,46);/q;+1/p-1. The van der Waals surface area contributed by atoms with E-state index in [1.165, 1.54) is 24.3 Å². The number of allylic oxidation sites excluding steroid dienone is 5. The monoisotopic (exact) mass is 705 g/mol. The third-order valence-electron chi connectivity index (χ3n) is 8.04. The minimum absolute atomic E-state index is 0. The Kier molecular flexibility index (Phi) is 12.3. The van der Waals surface area contributed by atoms with E-state index in [1.54, 1.807) is 24.3 Å². The minimum atomic E-state index is -4.58. The van der Waals surface area contributed by atoms with Crippen molar-refractivity contribution in [3.8, 4) is 0 Å². The summed E-state index contributed by atoms with van der Waals surface area (Å²) in [6.07, 6.45) is 8.41. The van der Waals surface area contributed by atoms with Gasteiger partial charge in [0.25, 0.3) is 0 Å². The molecule has 0 heterocycles. The van der Waals surface area contributed by atoms with Crippen molar-refractivity contribution in [1.29, 1.82) is 0 Å². The molecule has 0 N–H and O–H groups in total. The van der Waals surface area contributed by atoms with Gasteiger partial charge in [0, 0.05) is 50.7 Å². The number of rotatable bonds is 10. The SMILES string of the molecule is CN(C)c1ccc(C(=C2C=CC(=[N+](C)C)C=C2)c2ccc(N(Cc3ccc(S(=O)(=O)[O-])cc3)Cc3ccc(S(=O)(=O)[O-])cc3)cc2)cc1.[Na+]. The second-order valence-electron chi connectivity index (χ2n) is 11.9. The van der Waals surface area contributed by atoms with Crippen LogP contribution in [-0.4, -0.2) is 64.4 Å². The summed E-state index contributed by atoms with van der Waals surface area (Å²) >= 11 is 0. The van der Waals surface area contributed by atoms with Crippen LogP contribution in [0.15, 0.2) is 137 Å². The molecular formula is C37H36N3NaO6S2. The van der Waals surface area contributed by atoms with Crippen LogP contribution < -0.4 is 39.4 Å². The summed E-state index contributed by atoms with van der Waals surface area (Å²) in [5, 5.41) is 0. The Morgan fingerprint density at radius 2 is 0.980 bits per heavy atom. The maximum atomic E-state index is 11.5. The second-order valence-corrected chi connectivity index (χ2v) is 14.6. The van der Waals surface area contributed by atoms with E-state index in [9.17, 15) is 25.9 Å². The van der Waals surface area contributed by atoms with Crippen LogP contribution >= 0.6 is 0 Å². The number of hydrogen-bond donors (Lipinski definition) is 0. The predicted molar refractivity (Wildman–Crippen MR) is 187 cm³/mol. The van der Waals surface area contributed by atoms with Crippen LogP contribution in [0.4, 0.5) is 11.4 Å². The average molecular weight is 706 g/mol. The third-order valence-corrected chi connectivity index (χ3v) is 9.74. The van der Waals surface area contributed by atoms with Gasteiger partial charge in [-0.1, -0.05) is 48.5 Å². The normalized spacial score (nSPS) is 12.8. The van der Waals surface area contributed by atoms with Crippen molar-refractivity contribution in [1.82, 2.24) is 0 Å². The molecule has 0 radical (unpaired) electrons. The zero-order valence-corrected chi connectivity index (χ0v) is 31.7. The van der Waals surface area contributed by atoms with Gasteiger partial charge in [-0.2, -0.15) is 0 Å². The summed E-state index contributed by atoms with van der Waals surface area (Å²) in [6, 6.07) is 28.1. The smallest absolute Gasteiger partial charge is 0.744 e. The number of anilines is 2. The van der Waals surface area contributed by atoms with Gasteiger partial charge in [0.2, 0.25) is 0 Å². The van der Waals surface area contributed by atoms with E-state index < -0.39 is 20.2 Å². The molecule has 0 unspecified atom stereocenters. The van der Waals surface area contributed by atoms with Gasteiger partial charge >= 0.3 is 29.6 Å². The van der Waals surface area contributed by atoms with E-state index in [2.05, 4.69) is 70.2 Å². The van der Waals surface area contributed by atoms with E-state index in [0.29, 0.717) is 13.1 Å². The summed E-state index contributed by atoms with van der Waals surface area (Å²) in [6.45, 7) is 0.712. The van der Waals surface area contributed by atoms with Gasteiger partial charge in [-0.3, -0.25) is 0 Å². The largest absolute Gasteiger partial charge is 1.00 e. The molecule has 4 aromatic carbocycles. The van der Waals surface area contributed by atoms with E-state index in [1.807, 2.05) is 45.2 Å². The molecule has 12 heteroatoms. The molecule has 0 spiro atoms. The molecule has 0 fully saturated rings. The molecule has 1 aliphatic carbocycles. The van der Waals surface area contributed by atoms with Gasteiger partial charge in [0.05, 0.1) is 9.79 Å². The van der Waals surface area contributed by atoms with Gasteiger partial charge in [-0.15, -0.1) is 0 Å². The van der Waals surface area contributed by atoms with Crippen LogP contribution in [0, 0.1) is 0 Å². The van der Waals surface area contributed by atoms with E-state index >= 15 is 0 Å². The van der Waals surface area contributed by atoms with Crippen LogP contribution in [0.1, 0.15) is 22.3 Å². The maximum absolute atomic E-state index is 11.5. The Morgan fingerprint density at radius 3 is 1.33 bits per heavy atom. The Bertz CT molecular complexity index is 2040. The fraction of sp³-hybridized carbons (Fsp3) is 0.162. The number of benzene rings is 4. The average Bonchev–Trinajstić information content (AvgIpc) is 3.05. The molecule has 4 aromatic rings. The van der Waals surface area contributed by atoms with Crippen LogP contribution in [0.2, 0.25) is 0 Å². The van der Waals surface area contributed by atoms with Crippen molar-refractivity contribution >= 4 is 42.9 Å². The first kappa shape index (κ1) is 38.0. The Balaban J connectivity index is 0.00000541. The van der Waals surface area contributed by atoms with Crippen molar-refractivity contribution in [2.75, 3.05) is 38.0 Å². The first-order valence-electron chi connectivity index (χ1n) is 15.1. The van der Waals surface area contributed by atoms with Crippen LogP contribution in [0.3, 0.4) is 0 Å². The third kappa shape index (κ3) is 9.67. The fourth-order valence-electron chi connectivity index (χ4n) is 5.39. The van der Waals surface area contributed by atoms with Crippen molar-refractivity contribution in [3.05, 3.63) is 149 Å². The fourth-order valence-corrected chi connectivity index (χ4v) is 6.33. The van der Waals surface area contributed by atoms with Gasteiger partial charge in [-0.05, 0) is 94.1 Å². The van der Waals surface area contributed by atoms with Crippen LogP contribution in [0.5, 0.6) is 0 Å². The number of nitrogens with zero attached hydrogens (tertiary/aromatic N) is 3. The molecule has 5 rings (SSSR count). The summed E-state index contributed by atoms with van der Waals surface area (Å²) in [5.74, 6) is 0. The van der Waals surface area contributed by atoms with Crippen molar-refractivity contribution in [3.63, 3.8) is 0 Å². The number of hydrogen-bond acceptors (Lipinski definition) is 8. The molecule has 49 heavy (non-hydrogen) atoms. The zero-order chi connectivity index (χ0) is 34.6. The van der Waals surface area contributed by atoms with E-state index in [4.69, 9.17) is 0 Å². The second kappa shape index (κ2) is 15.8. The minimum Gasteiger partial charge on any atom is -0.744 e. The molecule has 0 amide bonds. The molecule has 1 aliphatic rings. The summed E-state index contributed by atoms with van der Waals surface area (Å²) in [7, 11) is -1.15. The molecule has 0 saturated heterocycles. The molecular weight excluding hydrogens is 670 g/mol. The van der Waals surface area contributed by atoms with E-state index in [0.717, 1.165) is 50.5 Å². The summed E-state index contributed by atoms with van der Waals surface area (Å²) < 4.78 is 70.9. The first-order valence-corrected chi connectivity index (χ1v) is 17.9. The van der Waals surface area contributed by atoms with E-state index in [-0.39, 0.29) is 39.3 Å². The maximum Gasteiger partial charge on any atom is 1.00 e. The predicted octanol–water partition coefficient (Wildman–Crippen LogP) is 2.41. The van der Waals surface area contributed by atoms with Crippen molar-refractivity contribution < 1.29 is 60.1 Å².